The largest absolute Gasteiger partial charge is 0.311 e. The van der Waals surface area contributed by atoms with Gasteiger partial charge in [0.2, 0.25) is 5.91 Å². The third-order valence-electron chi connectivity index (χ3n) is 4.21. The fraction of sp³-hybridized carbons (Fsp3) is 0.158. The molecule has 0 bridgehead atoms. The molecule has 3 aromatic heterocycles. The molecule has 4 rings (SSSR count). The predicted molar refractivity (Wildman–Crippen MR) is 102 cm³/mol. The zero-order valence-corrected chi connectivity index (χ0v) is 15.2. The quantitative estimate of drug-likeness (QED) is 0.552. The second kappa shape index (κ2) is 7.78. The molecule has 0 aliphatic carbocycles. The summed E-state index contributed by atoms with van der Waals surface area (Å²) in [7, 11) is 0. The fourth-order valence-corrected chi connectivity index (χ4v) is 2.83. The van der Waals surface area contributed by atoms with Gasteiger partial charge in [-0.05, 0) is 46.7 Å². The van der Waals surface area contributed by atoms with Gasteiger partial charge >= 0.3 is 0 Å². The lowest BCUT2D eigenvalue weighted by Gasteiger charge is -2.09. The van der Waals surface area contributed by atoms with Crippen LogP contribution in [0.15, 0.2) is 61.1 Å². The summed E-state index contributed by atoms with van der Waals surface area (Å²) in [5.74, 6) is 1.24. The lowest BCUT2D eigenvalue weighted by atomic mass is 10.1. The maximum atomic E-state index is 12.5. The standard InChI is InChI=1S/C19H18N8O/c1-14-23-24-25-27(14)17-6-4-15(5-7-17)11-19(28)22-18-8-10-21-26(18)13-16-3-2-9-20-12-16/h2-10,12H,11,13H2,1H3,(H,22,28). The molecule has 0 atom stereocenters. The minimum Gasteiger partial charge on any atom is -0.311 e. The monoisotopic (exact) mass is 374 g/mol. The molecular weight excluding hydrogens is 356 g/mol. The van der Waals surface area contributed by atoms with Crippen LogP contribution in [0.3, 0.4) is 0 Å². The Morgan fingerprint density at radius 1 is 1.07 bits per heavy atom. The van der Waals surface area contributed by atoms with Crippen LogP contribution in [0.5, 0.6) is 0 Å². The summed E-state index contributed by atoms with van der Waals surface area (Å²) in [4.78, 5) is 16.6. The summed E-state index contributed by atoms with van der Waals surface area (Å²) in [6, 6.07) is 13.2. The van der Waals surface area contributed by atoms with E-state index in [9.17, 15) is 4.79 Å². The van der Waals surface area contributed by atoms with Crippen molar-refractivity contribution in [2.24, 2.45) is 0 Å². The number of carbonyl (C=O) groups is 1. The van der Waals surface area contributed by atoms with Crippen LogP contribution in [0.2, 0.25) is 0 Å². The number of benzene rings is 1. The maximum Gasteiger partial charge on any atom is 0.229 e. The van der Waals surface area contributed by atoms with Crippen molar-refractivity contribution >= 4 is 11.7 Å². The van der Waals surface area contributed by atoms with Crippen LogP contribution in [-0.4, -0.2) is 40.9 Å². The van der Waals surface area contributed by atoms with Crippen molar-refractivity contribution in [1.29, 1.82) is 0 Å². The number of carbonyl (C=O) groups excluding carboxylic acids is 1. The number of rotatable bonds is 6. The zero-order valence-electron chi connectivity index (χ0n) is 15.2. The van der Waals surface area contributed by atoms with Crippen LogP contribution in [0.4, 0.5) is 5.82 Å². The van der Waals surface area contributed by atoms with E-state index in [1.165, 1.54) is 0 Å². The van der Waals surface area contributed by atoms with Gasteiger partial charge in [-0.25, -0.2) is 4.68 Å². The lowest BCUT2D eigenvalue weighted by Crippen LogP contribution is -2.18. The molecule has 0 unspecified atom stereocenters. The number of pyridine rings is 1. The molecule has 0 aliphatic rings. The average Bonchev–Trinajstić information content (AvgIpc) is 3.32. The Morgan fingerprint density at radius 2 is 1.93 bits per heavy atom. The Labute approximate surface area is 161 Å². The molecule has 0 fully saturated rings. The van der Waals surface area contributed by atoms with E-state index in [2.05, 4.69) is 30.9 Å². The molecule has 0 radical (unpaired) electrons. The Kier molecular flexibility index (Phi) is 4.87. The molecule has 4 aromatic rings. The predicted octanol–water partition coefficient (Wildman–Crippen LogP) is 1.79. The molecule has 0 aliphatic heterocycles. The van der Waals surface area contributed by atoms with Gasteiger partial charge in [-0.3, -0.25) is 9.78 Å². The summed E-state index contributed by atoms with van der Waals surface area (Å²) in [5, 5.41) is 18.6. The topological polar surface area (TPSA) is 103 Å². The highest BCUT2D eigenvalue weighted by atomic mass is 16.1. The lowest BCUT2D eigenvalue weighted by molar-refractivity contribution is -0.115. The van der Waals surface area contributed by atoms with Gasteiger partial charge in [-0.15, -0.1) is 5.10 Å². The van der Waals surface area contributed by atoms with Crippen molar-refractivity contribution in [2.45, 2.75) is 19.9 Å². The summed E-state index contributed by atoms with van der Waals surface area (Å²) >= 11 is 0. The normalized spacial score (nSPS) is 10.8. The van der Waals surface area contributed by atoms with E-state index in [0.717, 1.165) is 16.8 Å². The van der Waals surface area contributed by atoms with E-state index < -0.39 is 0 Å². The highest BCUT2D eigenvalue weighted by Gasteiger charge is 2.10. The number of aromatic nitrogens is 7. The first-order chi connectivity index (χ1) is 13.7. The number of hydrogen-bond donors (Lipinski definition) is 1. The van der Waals surface area contributed by atoms with E-state index in [4.69, 9.17) is 0 Å². The Morgan fingerprint density at radius 3 is 2.64 bits per heavy atom. The Hall–Kier alpha value is -3.88. The Balaban J connectivity index is 1.40. The first-order valence-corrected chi connectivity index (χ1v) is 8.74. The van der Waals surface area contributed by atoms with Gasteiger partial charge in [0, 0.05) is 18.5 Å². The van der Waals surface area contributed by atoms with Gasteiger partial charge in [-0.1, -0.05) is 18.2 Å². The van der Waals surface area contributed by atoms with Crippen LogP contribution < -0.4 is 5.32 Å². The third-order valence-corrected chi connectivity index (χ3v) is 4.21. The molecule has 9 heteroatoms. The van der Waals surface area contributed by atoms with Crippen molar-refractivity contribution < 1.29 is 4.79 Å². The Bertz CT molecular complexity index is 1070. The van der Waals surface area contributed by atoms with E-state index in [-0.39, 0.29) is 12.3 Å². The molecule has 1 amide bonds. The molecular formula is C19H18N8O. The van der Waals surface area contributed by atoms with E-state index in [1.807, 2.05) is 43.3 Å². The smallest absolute Gasteiger partial charge is 0.229 e. The number of nitrogens with zero attached hydrogens (tertiary/aromatic N) is 7. The molecule has 0 spiro atoms. The van der Waals surface area contributed by atoms with Crippen molar-refractivity contribution in [3.8, 4) is 5.69 Å². The molecule has 28 heavy (non-hydrogen) atoms. The number of tetrazole rings is 1. The van der Waals surface area contributed by atoms with Crippen molar-refractivity contribution in [1.82, 2.24) is 35.0 Å². The van der Waals surface area contributed by atoms with Gasteiger partial charge in [-0.2, -0.15) is 9.78 Å². The fourth-order valence-electron chi connectivity index (χ4n) is 2.83. The molecule has 1 N–H and O–H groups in total. The van der Waals surface area contributed by atoms with Gasteiger partial charge in [0.05, 0.1) is 24.8 Å². The van der Waals surface area contributed by atoms with Crippen LogP contribution in [0, 0.1) is 6.92 Å². The number of amides is 1. The maximum absolute atomic E-state index is 12.5. The van der Waals surface area contributed by atoms with E-state index in [1.54, 1.807) is 34.0 Å². The van der Waals surface area contributed by atoms with Crippen molar-refractivity contribution in [3.05, 3.63) is 78.0 Å². The molecule has 3 heterocycles. The number of anilines is 1. The first-order valence-electron chi connectivity index (χ1n) is 8.74. The first kappa shape index (κ1) is 17.5. The molecule has 9 nitrogen and oxygen atoms in total. The minimum atomic E-state index is -0.112. The number of hydrogen-bond acceptors (Lipinski definition) is 6. The van der Waals surface area contributed by atoms with Gasteiger partial charge < -0.3 is 5.32 Å². The summed E-state index contributed by atoms with van der Waals surface area (Å²) in [5.41, 5.74) is 2.75. The van der Waals surface area contributed by atoms with Crippen LogP contribution in [0.25, 0.3) is 5.69 Å². The van der Waals surface area contributed by atoms with Gasteiger partial charge in [0.15, 0.2) is 5.82 Å². The van der Waals surface area contributed by atoms with Gasteiger partial charge in [0.1, 0.15) is 5.82 Å². The van der Waals surface area contributed by atoms with E-state index in [0.29, 0.717) is 18.2 Å². The second-order valence-corrected chi connectivity index (χ2v) is 6.26. The highest BCUT2D eigenvalue weighted by Crippen LogP contribution is 2.13. The van der Waals surface area contributed by atoms with Crippen molar-refractivity contribution in [3.63, 3.8) is 0 Å². The minimum absolute atomic E-state index is 0.112. The number of nitrogens with one attached hydrogen (secondary N) is 1. The zero-order chi connectivity index (χ0) is 19.3. The average molecular weight is 374 g/mol. The van der Waals surface area contributed by atoms with Crippen LogP contribution in [0.1, 0.15) is 17.0 Å². The summed E-state index contributed by atoms with van der Waals surface area (Å²) < 4.78 is 3.37. The molecule has 0 saturated heterocycles. The third kappa shape index (κ3) is 3.93. The molecule has 140 valence electrons. The summed E-state index contributed by atoms with van der Waals surface area (Å²) in [6.07, 6.45) is 5.42. The highest BCUT2D eigenvalue weighted by molar-refractivity contribution is 5.91. The SMILES string of the molecule is Cc1nnnn1-c1ccc(CC(=O)Nc2ccnn2Cc2cccnc2)cc1. The van der Waals surface area contributed by atoms with Gasteiger partial charge in [0.25, 0.3) is 0 Å². The van der Waals surface area contributed by atoms with E-state index >= 15 is 0 Å². The van der Waals surface area contributed by atoms with Crippen LogP contribution >= 0.6 is 0 Å². The van der Waals surface area contributed by atoms with Crippen LogP contribution in [-0.2, 0) is 17.8 Å². The second-order valence-electron chi connectivity index (χ2n) is 6.26. The van der Waals surface area contributed by atoms with Crippen molar-refractivity contribution in [2.75, 3.05) is 5.32 Å². The molecule has 0 saturated carbocycles. The number of aryl methyl sites for hydroxylation is 1. The summed E-state index contributed by atoms with van der Waals surface area (Å²) in [6.45, 7) is 2.37. The molecule has 1 aromatic carbocycles.